The van der Waals surface area contributed by atoms with Crippen molar-refractivity contribution < 1.29 is 18.9 Å². The van der Waals surface area contributed by atoms with E-state index in [1.807, 2.05) is 0 Å². The van der Waals surface area contributed by atoms with E-state index in [4.69, 9.17) is 9.15 Å². The molecule has 0 aliphatic rings. The van der Waals surface area contributed by atoms with E-state index in [1.54, 1.807) is 48.5 Å². The Labute approximate surface area is 154 Å². The molecule has 3 aromatic rings. The first-order chi connectivity index (χ1) is 13.1. The second-order valence-electron chi connectivity index (χ2n) is 5.41. The van der Waals surface area contributed by atoms with Crippen LogP contribution in [0, 0.1) is 10.1 Å². The summed E-state index contributed by atoms with van der Waals surface area (Å²) in [5.74, 6) is 0.987. The number of carbonyl (C=O) groups excluding carboxylic acids is 1. The number of nitro benzene ring substituents is 1. The van der Waals surface area contributed by atoms with Gasteiger partial charge in [-0.15, -0.1) is 0 Å². The molecule has 0 unspecified atom stereocenters. The molecule has 0 bridgehead atoms. The molecule has 1 aromatic heterocycles. The van der Waals surface area contributed by atoms with Crippen LogP contribution < -0.4 is 10.2 Å². The lowest BCUT2D eigenvalue weighted by Gasteiger charge is -2.05. The van der Waals surface area contributed by atoms with Crippen molar-refractivity contribution in [2.75, 3.05) is 7.11 Å². The average Bonchev–Trinajstić information content (AvgIpc) is 3.16. The van der Waals surface area contributed by atoms with E-state index in [1.165, 1.54) is 25.5 Å². The molecule has 0 aliphatic heterocycles. The van der Waals surface area contributed by atoms with Crippen LogP contribution in [0.3, 0.4) is 0 Å². The molecule has 0 aliphatic carbocycles. The molecular formula is C19H15N3O5. The number of methoxy groups -OCH3 is 1. The first kappa shape index (κ1) is 17.9. The van der Waals surface area contributed by atoms with Gasteiger partial charge >= 0.3 is 0 Å². The molecule has 0 fully saturated rings. The summed E-state index contributed by atoms with van der Waals surface area (Å²) in [5, 5.41) is 14.6. The van der Waals surface area contributed by atoms with Crippen molar-refractivity contribution in [1.82, 2.24) is 5.43 Å². The molecule has 0 atom stereocenters. The van der Waals surface area contributed by atoms with E-state index in [2.05, 4.69) is 10.5 Å². The number of hydrogen-bond donors (Lipinski definition) is 1. The van der Waals surface area contributed by atoms with Crippen LogP contribution in [-0.4, -0.2) is 24.2 Å². The standard InChI is InChI=1S/C19H15N3O5/c1-26-18-5-3-2-4-16(18)19(23)21-20-12-15-10-11-17(27-15)13-6-8-14(9-7-13)22(24)25/h2-12H,1H3,(H,21,23)/b20-12-. The van der Waals surface area contributed by atoms with E-state index in [9.17, 15) is 14.9 Å². The Morgan fingerprint density at radius 3 is 2.59 bits per heavy atom. The molecule has 8 nitrogen and oxygen atoms in total. The molecule has 3 rings (SSSR count). The number of non-ortho nitro benzene ring substituents is 1. The quantitative estimate of drug-likeness (QED) is 0.408. The fraction of sp³-hybridized carbons (Fsp3) is 0.0526. The lowest BCUT2D eigenvalue weighted by Crippen LogP contribution is -2.18. The van der Waals surface area contributed by atoms with Gasteiger partial charge in [-0.3, -0.25) is 14.9 Å². The molecular weight excluding hydrogens is 350 g/mol. The van der Waals surface area contributed by atoms with Gasteiger partial charge < -0.3 is 9.15 Å². The van der Waals surface area contributed by atoms with E-state index >= 15 is 0 Å². The maximum atomic E-state index is 12.1. The Balaban J connectivity index is 1.66. The zero-order valence-electron chi connectivity index (χ0n) is 14.3. The lowest BCUT2D eigenvalue weighted by atomic mass is 10.1. The van der Waals surface area contributed by atoms with Crippen LogP contribution in [-0.2, 0) is 0 Å². The van der Waals surface area contributed by atoms with Gasteiger partial charge in [0.05, 0.1) is 23.8 Å². The maximum Gasteiger partial charge on any atom is 0.275 e. The number of ether oxygens (including phenoxy) is 1. The Morgan fingerprint density at radius 2 is 1.89 bits per heavy atom. The molecule has 27 heavy (non-hydrogen) atoms. The highest BCUT2D eigenvalue weighted by atomic mass is 16.6. The number of hydrazone groups is 1. The molecule has 2 aromatic carbocycles. The number of hydrogen-bond acceptors (Lipinski definition) is 6. The summed E-state index contributed by atoms with van der Waals surface area (Å²) >= 11 is 0. The van der Waals surface area contributed by atoms with Crippen LogP contribution in [0.15, 0.2) is 70.2 Å². The van der Waals surface area contributed by atoms with Gasteiger partial charge in [-0.1, -0.05) is 12.1 Å². The van der Waals surface area contributed by atoms with Crippen molar-refractivity contribution in [3.05, 3.63) is 82.1 Å². The highest BCUT2D eigenvalue weighted by Crippen LogP contribution is 2.24. The molecule has 0 saturated carbocycles. The molecule has 1 heterocycles. The van der Waals surface area contributed by atoms with Crippen LogP contribution in [0.1, 0.15) is 16.1 Å². The number of nitro groups is 1. The van der Waals surface area contributed by atoms with Crippen LogP contribution in [0.5, 0.6) is 5.75 Å². The van der Waals surface area contributed by atoms with Crippen molar-refractivity contribution in [1.29, 1.82) is 0 Å². The van der Waals surface area contributed by atoms with Crippen LogP contribution in [0.2, 0.25) is 0 Å². The third kappa shape index (κ3) is 4.18. The molecule has 1 amide bonds. The number of benzene rings is 2. The lowest BCUT2D eigenvalue weighted by molar-refractivity contribution is -0.384. The van der Waals surface area contributed by atoms with Gasteiger partial charge in [0, 0.05) is 17.7 Å². The molecule has 0 spiro atoms. The minimum atomic E-state index is -0.464. The largest absolute Gasteiger partial charge is 0.496 e. The second-order valence-corrected chi connectivity index (χ2v) is 5.41. The molecule has 136 valence electrons. The highest BCUT2D eigenvalue weighted by molar-refractivity contribution is 5.97. The van der Waals surface area contributed by atoms with E-state index in [-0.39, 0.29) is 5.69 Å². The number of rotatable bonds is 6. The average molecular weight is 365 g/mol. The predicted molar refractivity (Wildman–Crippen MR) is 98.9 cm³/mol. The van der Waals surface area contributed by atoms with E-state index in [0.717, 1.165) is 0 Å². The first-order valence-corrected chi connectivity index (χ1v) is 7.89. The monoisotopic (exact) mass is 365 g/mol. The number of carbonyl (C=O) groups is 1. The molecule has 8 heteroatoms. The van der Waals surface area contributed by atoms with Gasteiger partial charge in [-0.05, 0) is 36.4 Å². The fourth-order valence-corrected chi connectivity index (χ4v) is 2.37. The highest BCUT2D eigenvalue weighted by Gasteiger charge is 2.11. The van der Waals surface area contributed by atoms with Crippen LogP contribution >= 0.6 is 0 Å². The van der Waals surface area contributed by atoms with E-state index < -0.39 is 10.8 Å². The number of amides is 1. The molecule has 0 radical (unpaired) electrons. The third-order valence-electron chi connectivity index (χ3n) is 3.70. The topological polar surface area (TPSA) is 107 Å². The zero-order chi connectivity index (χ0) is 19.2. The van der Waals surface area contributed by atoms with Gasteiger partial charge in [-0.25, -0.2) is 5.43 Å². The Kier molecular flexibility index (Phi) is 5.27. The normalized spacial score (nSPS) is 10.7. The van der Waals surface area contributed by atoms with Crippen molar-refractivity contribution >= 4 is 17.8 Å². The smallest absolute Gasteiger partial charge is 0.275 e. The summed E-state index contributed by atoms with van der Waals surface area (Å²) in [6.07, 6.45) is 1.36. The Hall–Kier alpha value is -3.94. The van der Waals surface area contributed by atoms with E-state index in [0.29, 0.717) is 28.4 Å². The summed E-state index contributed by atoms with van der Waals surface area (Å²) in [6, 6.07) is 16.2. The van der Waals surface area contributed by atoms with Crippen LogP contribution in [0.25, 0.3) is 11.3 Å². The second kappa shape index (κ2) is 7.96. The van der Waals surface area contributed by atoms with Crippen molar-refractivity contribution in [3.8, 4) is 17.1 Å². The minimum absolute atomic E-state index is 0.00569. The minimum Gasteiger partial charge on any atom is -0.496 e. The van der Waals surface area contributed by atoms with Crippen molar-refractivity contribution in [2.24, 2.45) is 5.10 Å². The third-order valence-corrected chi connectivity index (χ3v) is 3.70. The van der Waals surface area contributed by atoms with Gasteiger partial charge in [0.25, 0.3) is 11.6 Å². The number of furan rings is 1. The SMILES string of the molecule is COc1ccccc1C(=O)N/N=C\c1ccc(-c2ccc([N+](=O)[O-])cc2)o1. The predicted octanol–water partition coefficient (Wildman–Crippen LogP) is 3.63. The van der Waals surface area contributed by atoms with Gasteiger partial charge in [0.15, 0.2) is 0 Å². The van der Waals surface area contributed by atoms with Gasteiger partial charge in [0.1, 0.15) is 17.3 Å². The fourth-order valence-electron chi connectivity index (χ4n) is 2.37. The van der Waals surface area contributed by atoms with Crippen LogP contribution in [0.4, 0.5) is 5.69 Å². The summed E-state index contributed by atoms with van der Waals surface area (Å²) < 4.78 is 10.7. The van der Waals surface area contributed by atoms with Gasteiger partial charge in [0.2, 0.25) is 0 Å². The summed E-state index contributed by atoms with van der Waals surface area (Å²) in [5.41, 5.74) is 3.47. The maximum absolute atomic E-state index is 12.1. The molecule has 0 saturated heterocycles. The number of nitrogens with zero attached hydrogens (tertiary/aromatic N) is 2. The summed E-state index contributed by atoms with van der Waals surface area (Å²) in [7, 11) is 1.48. The van der Waals surface area contributed by atoms with Gasteiger partial charge in [-0.2, -0.15) is 5.10 Å². The van der Waals surface area contributed by atoms with Crippen molar-refractivity contribution in [3.63, 3.8) is 0 Å². The molecule has 1 N–H and O–H groups in total. The Morgan fingerprint density at radius 1 is 1.15 bits per heavy atom. The summed E-state index contributed by atoms with van der Waals surface area (Å²) in [4.78, 5) is 22.4. The number of para-hydroxylation sites is 1. The number of nitrogens with one attached hydrogen (secondary N) is 1. The van der Waals surface area contributed by atoms with Crippen molar-refractivity contribution in [2.45, 2.75) is 0 Å². The Bertz CT molecular complexity index is 993. The first-order valence-electron chi connectivity index (χ1n) is 7.89. The summed E-state index contributed by atoms with van der Waals surface area (Å²) in [6.45, 7) is 0. The zero-order valence-corrected chi connectivity index (χ0v) is 14.3.